The normalized spacial score (nSPS) is 10.9. The molecule has 0 fully saturated rings. The third-order valence-electron chi connectivity index (χ3n) is 5.00. The molecule has 2 N–H and O–H groups in total. The van der Waals surface area contributed by atoms with E-state index >= 15 is 0 Å². The van der Waals surface area contributed by atoms with Crippen molar-refractivity contribution in [2.45, 2.75) is 11.8 Å². The predicted octanol–water partition coefficient (Wildman–Crippen LogP) is 5.05. The van der Waals surface area contributed by atoms with E-state index in [0.29, 0.717) is 22.4 Å². The van der Waals surface area contributed by atoms with Crippen LogP contribution in [0.1, 0.15) is 27.0 Å². The number of aryl methyl sites for hydroxylation is 1. The number of anilines is 1. The van der Waals surface area contributed by atoms with Crippen molar-refractivity contribution in [3.8, 4) is 11.8 Å². The monoisotopic (exact) mass is 441 g/mol. The average molecular weight is 442 g/mol. The number of hydrogen-bond donors (Lipinski definition) is 2. The standard InChI is InChI=1S/C26H19NO4S/c1-18-16-19(11-15-24(18)26(28)29)10-12-21-7-4-5-9-25(21)27-32(30,31)23-14-13-20-6-2-3-8-22(20)17-23/h2-9,11,13-17,27H,1H3,(H,28,29). The van der Waals surface area contributed by atoms with Gasteiger partial charge in [0.25, 0.3) is 10.0 Å². The molecule has 4 aromatic carbocycles. The number of rotatable bonds is 4. The van der Waals surface area contributed by atoms with Crippen molar-refractivity contribution in [2.24, 2.45) is 0 Å². The number of hydrogen-bond acceptors (Lipinski definition) is 3. The molecule has 4 aromatic rings. The summed E-state index contributed by atoms with van der Waals surface area (Å²) in [5, 5.41) is 11.0. The van der Waals surface area contributed by atoms with E-state index in [0.717, 1.165) is 10.8 Å². The summed E-state index contributed by atoms with van der Waals surface area (Å²) < 4.78 is 28.6. The minimum Gasteiger partial charge on any atom is -0.478 e. The molecule has 0 heterocycles. The van der Waals surface area contributed by atoms with E-state index < -0.39 is 16.0 Å². The smallest absolute Gasteiger partial charge is 0.335 e. The first kappa shape index (κ1) is 21.2. The van der Waals surface area contributed by atoms with Crippen LogP contribution < -0.4 is 4.72 Å². The lowest BCUT2D eigenvalue weighted by atomic mass is 10.0. The molecule has 0 saturated carbocycles. The second-order valence-corrected chi connectivity index (χ2v) is 8.93. The van der Waals surface area contributed by atoms with E-state index in [1.807, 2.05) is 24.3 Å². The summed E-state index contributed by atoms with van der Waals surface area (Å²) in [5.74, 6) is 4.97. The first-order valence-corrected chi connectivity index (χ1v) is 11.3. The fraction of sp³-hybridized carbons (Fsp3) is 0.0385. The maximum Gasteiger partial charge on any atom is 0.335 e. The molecule has 0 aliphatic rings. The molecule has 0 aliphatic carbocycles. The van der Waals surface area contributed by atoms with Crippen LogP contribution in [0.25, 0.3) is 10.8 Å². The minimum atomic E-state index is -3.82. The van der Waals surface area contributed by atoms with Gasteiger partial charge in [0.2, 0.25) is 0 Å². The zero-order chi connectivity index (χ0) is 22.7. The number of benzene rings is 4. The molecule has 0 amide bonds. The average Bonchev–Trinajstić information content (AvgIpc) is 2.77. The molecule has 0 radical (unpaired) electrons. The largest absolute Gasteiger partial charge is 0.478 e. The molecule has 5 nitrogen and oxygen atoms in total. The molecule has 0 aliphatic heterocycles. The van der Waals surface area contributed by atoms with Gasteiger partial charge in [0, 0.05) is 11.1 Å². The Labute approximate surface area is 186 Å². The highest BCUT2D eigenvalue weighted by Crippen LogP contribution is 2.23. The van der Waals surface area contributed by atoms with Gasteiger partial charge >= 0.3 is 5.97 Å². The number of sulfonamides is 1. The number of aromatic carboxylic acids is 1. The Hall–Kier alpha value is -4.08. The molecule has 6 heteroatoms. The summed E-state index contributed by atoms with van der Waals surface area (Å²) >= 11 is 0. The first-order valence-electron chi connectivity index (χ1n) is 9.80. The second kappa shape index (κ2) is 8.58. The van der Waals surface area contributed by atoms with Crippen LogP contribution in [-0.4, -0.2) is 19.5 Å². The molecule has 0 bridgehead atoms. The van der Waals surface area contributed by atoms with Crippen LogP contribution in [0.5, 0.6) is 0 Å². The molecule has 4 rings (SSSR count). The molecule has 32 heavy (non-hydrogen) atoms. The maximum absolute atomic E-state index is 13.0. The van der Waals surface area contributed by atoms with Crippen molar-refractivity contribution >= 4 is 32.5 Å². The molecule has 0 spiro atoms. The molecule has 0 atom stereocenters. The van der Waals surface area contributed by atoms with Crippen LogP contribution in [0.4, 0.5) is 5.69 Å². The highest BCUT2D eigenvalue weighted by molar-refractivity contribution is 7.92. The van der Waals surface area contributed by atoms with Crippen molar-refractivity contribution < 1.29 is 18.3 Å². The van der Waals surface area contributed by atoms with Crippen LogP contribution in [0.2, 0.25) is 0 Å². The third-order valence-corrected chi connectivity index (χ3v) is 6.36. The van der Waals surface area contributed by atoms with Gasteiger partial charge in [-0.2, -0.15) is 0 Å². The van der Waals surface area contributed by atoms with E-state index in [2.05, 4.69) is 16.6 Å². The number of fused-ring (bicyclic) bond motifs is 1. The van der Waals surface area contributed by atoms with E-state index in [-0.39, 0.29) is 10.5 Å². The highest BCUT2D eigenvalue weighted by atomic mass is 32.2. The molecular formula is C26H19NO4S. The zero-order valence-corrected chi connectivity index (χ0v) is 18.0. The fourth-order valence-electron chi connectivity index (χ4n) is 3.34. The second-order valence-electron chi connectivity index (χ2n) is 7.24. The predicted molar refractivity (Wildman–Crippen MR) is 125 cm³/mol. The van der Waals surface area contributed by atoms with Gasteiger partial charge in [-0.3, -0.25) is 4.72 Å². The van der Waals surface area contributed by atoms with Crippen molar-refractivity contribution in [1.82, 2.24) is 0 Å². The van der Waals surface area contributed by atoms with Gasteiger partial charge in [-0.1, -0.05) is 54.3 Å². The Kier molecular flexibility index (Phi) is 5.67. The van der Waals surface area contributed by atoms with Gasteiger partial charge < -0.3 is 5.11 Å². The Bertz CT molecular complexity index is 1510. The van der Waals surface area contributed by atoms with Crippen molar-refractivity contribution in [2.75, 3.05) is 4.72 Å². The Balaban J connectivity index is 1.65. The van der Waals surface area contributed by atoms with E-state index in [9.17, 15) is 13.2 Å². The number of carboxylic acids is 1. The quantitative estimate of drug-likeness (QED) is 0.434. The van der Waals surface area contributed by atoms with Gasteiger partial charge in [-0.15, -0.1) is 0 Å². The lowest BCUT2D eigenvalue weighted by molar-refractivity contribution is 0.0696. The Morgan fingerprint density at radius 3 is 2.31 bits per heavy atom. The number of para-hydroxylation sites is 1. The maximum atomic E-state index is 13.0. The van der Waals surface area contributed by atoms with E-state index in [4.69, 9.17) is 5.11 Å². The molecular weight excluding hydrogens is 422 g/mol. The van der Waals surface area contributed by atoms with Gasteiger partial charge in [0.05, 0.1) is 16.1 Å². The van der Waals surface area contributed by atoms with Gasteiger partial charge in [0.15, 0.2) is 0 Å². The van der Waals surface area contributed by atoms with Crippen LogP contribution in [0, 0.1) is 18.8 Å². The van der Waals surface area contributed by atoms with E-state index in [1.165, 1.54) is 6.07 Å². The topological polar surface area (TPSA) is 83.5 Å². The SMILES string of the molecule is Cc1cc(C#Cc2ccccc2NS(=O)(=O)c2ccc3ccccc3c2)ccc1C(=O)O. The number of nitrogens with one attached hydrogen (secondary N) is 1. The molecule has 158 valence electrons. The van der Waals surface area contributed by atoms with Crippen LogP contribution in [0.3, 0.4) is 0 Å². The molecule has 0 aromatic heterocycles. The van der Waals surface area contributed by atoms with Gasteiger partial charge in [0.1, 0.15) is 0 Å². The summed E-state index contributed by atoms with van der Waals surface area (Å²) in [6, 6.07) is 24.3. The summed E-state index contributed by atoms with van der Waals surface area (Å²) in [6.07, 6.45) is 0. The lowest BCUT2D eigenvalue weighted by Crippen LogP contribution is -2.13. The van der Waals surface area contributed by atoms with Crippen molar-refractivity contribution in [3.63, 3.8) is 0 Å². The Morgan fingerprint density at radius 2 is 1.56 bits per heavy atom. The fourth-order valence-corrected chi connectivity index (χ4v) is 4.45. The van der Waals surface area contributed by atoms with Crippen LogP contribution in [0.15, 0.2) is 89.8 Å². The molecule has 0 saturated heterocycles. The van der Waals surface area contributed by atoms with Crippen LogP contribution in [-0.2, 0) is 10.0 Å². The van der Waals surface area contributed by atoms with Crippen molar-refractivity contribution in [3.05, 3.63) is 107 Å². The zero-order valence-electron chi connectivity index (χ0n) is 17.2. The summed E-state index contributed by atoms with van der Waals surface area (Å²) in [7, 11) is -3.82. The molecule has 0 unspecified atom stereocenters. The van der Waals surface area contributed by atoms with Crippen LogP contribution >= 0.6 is 0 Å². The number of carboxylic acid groups (broad SMARTS) is 1. The van der Waals surface area contributed by atoms with Gasteiger partial charge in [-0.05, 0) is 65.7 Å². The summed E-state index contributed by atoms with van der Waals surface area (Å²) in [5.41, 5.74) is 2.34. The highest BCUT2D eigenvalue weighted by Gasteiger charge is 2.16. The van der Waals surface area contributed by atoms with E-state index in [1.54, 1.807) is 61.5 Å². The summed E-state index contributed by atoms with van der Waals surface area (Å²) in [4.78, 5) is 11.3. The van der Waals surface area contributed by atoms with Crippen molar-refractivity contribution in [1.29, 1.82) is 0 Å². The third kappa shape index (κ3) is 4.48. The first-order chi connectivity index (χ1) is 15.3. The van der Waals surface area contributed by atoms with Gasteiger partial charge in [-0.25, -0.2) is 13.2 Å². The Morgan fingerprint density at radius 1 is 0.844 bits per heavy atom. The lowest BCUT2D eigenvalue weighted by Gasteiger charge is -2.10. The minimum absolute atomic E-state index is 0.166. The summed E-state index contributed by atoms with van der Waals surface area (Å²) in [6.45, 7) is 1.71. The number of carbonyl (C=O) groups is 1.